The second kappa shape index (κ2) is 11.0. The number of hydrogen-bond donors (Lipinski definition) is 2. The second-order valence-corrected chi connectivity index (χ2v) is 6.60. The van der Waals surface area contributed by atoms with Gasteiger partial charge < -0.3 is 19.9 Å². The molecule has 1 unspecified atom stereocenters. The third-order valence-electron chi connectivity index (χ3n) is 4.39. The number of aliphatic imine (C=N–C) groups is 1. The van der Waals surface area contributed by atoms with Crippen molar-refractivity contribution in [3.63, 3.8) is 0 Å². The molecule has 1 atom stereocenters. The van der Waals surface area contributed by atoms with E-state index in [4.69, 9.17) is 4.74 Å². The highest BCUT2D eigenvalue weighted by Crippen LogP contribution is 2.14. The Bertz CT molecular complexity index is 891. The molecule has 0 aliphatic rings. The molecule has 1 heterocycles. The molecule has 0 aliphatic carbocycles. The molecule has 150 valence electrons. The summed E-state index contributed by atoms with van der Waals surface area (Å²) in [6.07, 6.45) is 1.90. The molecular formula is C21H28IN5O. The molecule has 0 amide bonds. The van der Waals surface area contributed by atoms with Crippen LogP contribution in [0, 0.1) is 0 Å². The normalized spacial score (nSPS) is 12.5. The Labute approximate surface area is 183 Å². The summed E-state index contributed by atoms with van der Waals surface area (Å²) < 4.78 is 7.32. The van der Waals surface area contributed by atoms with Gasteiger partial charge in [0.1, 0.15) is 0 Å². The molecule has 0 fully saturated rings. The molecule has 7 heteroatoms. The van der Waals surface area contributed by atoms with Crippen LogP contribution < -0.4 is 10.6 Å². The van der Waals surface area contributed by atoms with Gasteiger partial charge in [0.25, 0.3) is 0 Å². The summed E-state index contributed by atoms with van der Waals surface area (Å²) in [4.78, 5) is 8.70. The van der Waals surface area contributed by atoms with E-state index in [1.807, 2.05) is 24.5 Å². The van der Waals surface area contributed by atoms with E-state index >= 15 is 0 Å². The summed E-state index contributed by atoms with van der Waals surface area (Å²) >= 11 is 0. The van der Waals surface area contributed by atoms with E-state index in [2.05, 4.69) is 62.4 Å². The Morgan fingerprint density at radius 1 is 1.14 bits per heavy atom. The first kappa shape index (κ1) is 22.2. The topological polar surface area (TPSA) is 63.5 Å². The lowest BCUT2D eigenvalue weighted by Gasteiger charge is -2.17. The number of ether oxygens (including phenoxy) is 1. The van der Waals surface area contributed by atoms with E-state index in [0.29, 0.717) is 13.2 Å². The SMILES string of the molecule is CN=C(NCc1ccc(Cn2cnc3ccccc32)cc1)NC(C)COC.I. The van der Waals surface area contributed by atoms with E-state index in [0.717, 1.165) is 23.5 Å². The maximum absolute atomic E-state index is 5.14. The first-order valence-corrected chi connectivity index (χ1v) is 9.13. The quantitative estimate of drug-likeness (QED) is 0.301. The number of methoxy groups -OCH3 is 1. The lowest BCUT2D eigenvalue weighted by Crippen LogP contribution is -2.43. The average molecular weight is 493 g/mol. The van der Waals surface area contributed by atoms with Gasteiger partial charge in [-0.3, -0.25) is 4.99 Å². The molecule has 0 spiro atoms. The molecule has 3 aromatic rings. The minimum absolute atomic E-state index is 0. The van der Waals surface area contributed by atoms with Gasteiger partial charge in [-0.25, -0.2) is 4.98 Å². The number of para-hydroxylation sites is 2. The first-order valence-electron chi connectivity index (χ1n) is 9.13. The maximum Gasteiger partial charge on any atom is 0.191 e. The number of hydrogen-bond acceptors (Lipinski definition) is 3. The molecule has 2 aromatic carbocycles. The molecule has 3 rings (SSSR count). The molecule has 0 saturated heterocycles. The van der Waals surface area contributed by atoms with Crippen LogP contribution in [0.2, 0.25) is 0 Å². The van der Waals surface area contributed by atoms with E-state index < -0.39 is 0 Å². The summed E-state index contributed by atoms with van der Waals surface area (Å²) in [6, 6.07) is 17.0. The van der Waals surface area contributed by atoms with Gasteiger partial charge in [0.15, 0.2) is 5.96 Å². The van der Waals surface area contributed by atoms with E-state index in [-0.39, 0.29) is 30.0 Å². The zero-order valence-electron chi connectivity index (χ0n) is 16.6. The third-order valence-corrected chi connectivity index (χ3v) is 4.39. The number of benzene rings is 2. The molecule has 0 radical (unpaired) electrons. The molecule has 28 heavy (non-hydrogen) atoms. The number of nitrogens with one attached hydrogen (secondary N) is 2. The molecule has 0 aliphatic heterocycles. The number of aromatic nitrogens is 2. The number of fused-ring (bicyclic) bond motifs is 1. The van der Waals surface area contributed by atoms with Crippen molar-refractivity contribution in [3.05, 3.63) is 66.0 Å². The number of rotatable bonds is 7. The summed E-state index contributed by atoms with van der Waals surface area (Å²) in [7, 11) is 3.47. The summed E-state index contributed by atoms with van der Waals surface area (Å²) in [6.45, 7) is 4.23. The highest BCUT2D eigenvalue weighted by Gasteiger charge is 2.05. The van der Waals surface area contributed by atoms with Gasteiger partial charge in [0, 0.05) is 33.3 Å². The number of guanidine groups is 1. The fourth-order valence-corrected chi connectivity index (χ4v) is 3.00. The van der Waals surface area contributed by atoms with Crippen LogP contribution in [-0.4, -0.2) is 42.3 Å². The molecule has 0 saturated carbocycles. The minimum Gasteiger partial charge on any atom is -0.383 e. The summed E-state index contributed by atoms with van der Waals surface area (Å²) in [5.74, 6) is 0.772. The van der Waals surface area contributed by atoms with Crippen LogP contribution in [0.5, 0.6) is 0 Å². The minimum atomic E-state index is 0. The molecule has 0 bridgehead atoms. The molecule has 1 aromatic heterocycles. The zero-order valence-corrected chi connectivity index (χ0v) is 18.9. The predicted molar refractivity (Wildman–Crippen MR) is 125 cm³/mol. The van der Waals surface area contributed by atoms with Crippen LogP contribution in [0.3, 0.4) is 0 Å². The van der Waals surface area contributed by atoms with Crippen molar-refractivity contribution in [2.24, 2.45) is 4.99 Å². The fourth-order valence-electron chi connectivity index (χ4n) is 3.00. The highest BCUT2D eigenvalue weighted by molar-refractivity contribution is 14.0. The van der Waals surface area contributed by atoms with Gasteiger partial charge in [-0.05, 0) is 30.2 Å². The van der Waals surface area contributed by atoms with E-state index in [9.17, 15) is 0 Å². The second-order valence-electron chi connectivity index (χ2n) is 6.60. The molecule has 2 N–H and O–H groups in total. The highest BCUT2D eigenvalue weighted by atomic mass is 127. The lowest BCUT2D eigenvalue weighted by atomic mass is 10.1. The smallest absolute Gasteiger partial charge is 0.191 e. The van der Waals surface area contributed by atoms with Crippen molar-refractivity contribution in [1.82, 2.24) is 20.2 Å². The van der Waals surface area contributed by atoms with Crippen LogP contribution in [0.4, 0.5) is 0 Å². The van der Waals surface area contributed by atoms with Crippen LogP contribution in [-0.2, 0) is 17.8 Å². The van der Waals surface area contributed by atoms with E-state index in [1.54, 1.807) is 14.2 Å². The Balaban J connectivity index is 0.00000280. The maximum atomic E-state index is 5.14. The van der Waals surface area contributed by atoms with Crippen molar-refractivity contribution >= 4 is 41.0 Å². The first-order chi connectivity index (χ1) is 13.2. The van der Waals surface area contributed by atoms with Crippen molar-refractivity contribution < 1.29 is 4.74 Å². The third kappa shape index (κ3) is 5.93. The molecular weight excluding hydrogens is 465 g/mol. The summed E-state index contributed by atoms with van der Waals surface area (Å²) in [5, 5.41) is 6.63. The van der Waals surface area contributed by atoms with Crippen LogP contribution in [0.15, 0.2) is 59.9 Å². The van der Waals surface area contributed by atoms with Gasteiger partial charge in [0.2, 0.25) is 0 Å². The lowest BCUT2D eigenvalue weighted by molar-refractivity contribution is 0.179. The Morgan fingerprint density at radius 2 is 1.86 bits per heavy atom. The standard InChI is InChI=1S/C21H27N5O.HI/c1-16(14-27-3)25-21(22-2)23-12-17-8-10-18(11-9-17)13-26-15-24-19-6-4-5-7-20(19)26;/h4-11,15-16H,12-14H2,1-3H3,(H2,22,23,25);1H. The van der Waals surface area contributed by atoms with Crippen LogP contribution in [0.25, 0.3) is 11.0 Å². The van der Waals surface area contributed by atoms with Gasteiger partial charge in [0.05, 0.1) is 24.0 Å². The van der Waals surface area contributed by atoms with Crippen molar-refractivity contribution in [1.29, 1.82) is 0 Å². The fraction of sp³-hybridized carbons (Fsp3) is 0.333. The molecule has 6 nitrogen and oxygen atoms in total. The Kier molecular flexibility index (Phi) is 8.72. The van der Waals surface area contributed by atoms with Crippen molar-refractivity contribution in [3.8, 4) is 0 Å². The van der Waals surface area contributed by atoms with Crippen molar-refractivity contribution in [2.45, 2.75) is 26.1 Å². The Hall–Kier alpha value is -2.13. The van der Waals surface area contributed by atoms with Crippen LogP contribution in [0.1, 0.15) is 18.1 Å². The summed E-state index contributed by atoms with van der Waals surface area (Å²) in [5.41, 5.74) is 4.64. The number of halogens is 1. The van der Waals surface area contributed by atoms with Gasteiger partial charge in [-0.1, -0.05) is 36.4 Å². The number of nitrogens with zero attached hydrogens (tertiary/aromatic N) is 3. The van der Waals surface area contributed by atoms with Gasteiger partial charge in [-0.15, -0.1) is 24.0 Å². The van der Waals surface area contributed by atoms with Crippen molar-refractivity contribution in [2.75, 3.05) is 20.8 Å². The average Bonchev–Trinajstić information content (AvgIpc) is 3.09. The zero-order chi connectivity index (χ0) is 19.1. The Morgan fingerprint density at radius 3 is 2.57 bits per heavy atom. The van der Waals surface area contributed by atoms with Gasteiger partial charge in [-0.2, -0.15) is 0 Å². The number of imidazole rings is 1. The van der Waals surface area contributed by atoms with Crippen LogP contribution >= 0.6 is 24.0 Å². The van der Waals surface area contributed by atoms with Gasteiger partial charge >= 0.3 is 0 Å². The monoisotopic (exact) mass is 493 g/mol. The predicted octanol–water partition coefficient (Wildman–Crippen LogP) is 3.40. The largest absolute Gasteiger partial charge is 0.383 e. The van der Waals surface area contributed by atoms with E-state index in [1.165, 1.54) is 11.1 Å².